The highest BCUT2D eigenvalue weighted by molar-refractivity contribution is 7.92. The summed E-state index contributed by atoms with van der Waals surface area (Å²) in [5, 5.41) is 7.02. The Morgan fingerprint density at radius 2 is 2.16 bits per heavy atom. The number of carbonyl (C=O) groups is 1. The molecule has 0 unspecified atom stereocenters. The number of urea groups is 1. The van der Waals surface area contributed by atoms with Gasteiger partial charge in [-0.25, -0.2) is 13.2 Å². The van der Waals surface area contributed by atoms with Crippen LogP contribution in [-0.4, -0.2) is 48.5 Å². The van der Waals surface area contributed by atoms with E-state index in [1.807, 2.05) is 23.9 Å². The van der Waals surface area contributed by atoms with Gasteiger partial charge in [0.25, 0.3) is 0 Å². The SMILES string of the molecule is Cn1nccc1C1=CCN(C(=O)NCc2ccc(S(C)(=O)=O)s2)CC1. The molecule has 1 N–H and O–H groups in total. The van der Waals surface area contributed by atoms with Crippen LogP contribution in [-0.2, 0) is 23.4 Å². The molecular formula is C16H20N4O3S2. The fourth-order valence-corrected chi connectivity index (χ4v) is 4.62. The van der Waals surface area contributed by atoms with Crippen molar-refractivity contribution in [1.82, 2.24) is 20.0 Å². The Labute approximate surface area is 150 Å². The predicted molar refractivity (Wildman–Crippen MR) is 97.0 cm³/mol. The number of sulfone groups is 1. The molecule has 0 aliphatic carbocycles. The Morgan fingerprint density at radius 3 is 2.72 bits per heavy atom. The molecule has 1 aliphatic rings. The number of aryl methyl sites for hydroxylation is 1. The molecule has 0 aromatic carbocycles. The standard InChI is InChI=1S/C16H20N4O3S2/c1-19-14(5-8-18-19)12-6-9-20(10-7-12)16(21)17-11-13-3-4-15(24-13)25(2,22)23/h3-6,8H,7,9-11H2,1-2H3,(H,17,21). The first kappa shape index (κ1) is 17.7. The molecule has 0 fully saturated rings. The zero-order chi connectivity index (χ0) is 18.0. The van der Waals surface area contributed by atoms with Crippen LogP contribution in [0.5, 0.6) is 0 Å². The van der Waals surface area contributed by atoms with E-state index in [0.29, 0.717) is 23.8 Å². The lowest BCUT2D eigenvalue weighted by molar-refractivity contribution is 0.202. The number of nitrogens with zero attached hydrogens (tertiary/aromatic N) is 3. The van der Waals surface area contributed by atoms with Crippen molar-refractivity contribution in [1.29, 1.82) is 0 Å². The monoisotopic (exact) mass is 380 g/mol. The van der Waals surface area contributed by atoms with Crippen LogP contribution in [0.25, 0.3) is 5.57 Å². The average molecular weight is 380 g/mol. The van der Waals surface area contributed by atoms with Gasteiger partial charge in [0.15, 0.2) is 9.84 Å². The van der Waals surface area contributed by atoms with Gasteiger partial charge in [0, 0.05) is 37.5 Å². The molecule has 0 bridgehead atoms. The van der Waals surface area contributed by atoms with Crippen LogP contribution in [0.3, 0.4) is 0 Å². The van der Waals surface area contributed by atoms with Gasteiger partial charge in [-0.15, -0.1) is 11.3 Å². The number of thiophene rings is 1. The summed E-state index contributed by atoms with van der Waals surface area (Å²) in [4.78, 5) is 14.8. The van der Waals surface area contributed by atoms with Gasteiger partial charge in [-0.3, -0.25) is 4.68 Å². The number of rotatable bonds is 4. The molecule has 2 aromatic rings. The Morgan fingerprint density at radius 1 is 1.36 bits per heavy atom. The van der Waals surface area contributed by atoms with Gasteiger partial charge >= 0.3 is 6.03 Å². The number of aromatic nitrogens is 2. The minimum Gasteiger partial charge on any atom is -0.333 e. The summed E-state index contributed by atoms with van der Waals surface area (Å²) < 4.78 is 25.1. The lowest BCUT2D eigenvalue weighted by atomic mass is 10.1. The third-order valence-corrected chi connectivity index (χ3v) is 6.97. The molecule has 0 atom stereocenters. The summed E-state index contributed by atoms with van der Waals surface area (Å²) in [5.74, 6) is 0. The fraction of sp³-hybridized carbons (Fsp3) is 0.375. The van der Waals surface area contributed by atoms with Gasteiger partial charge in [0.05, 0.1) is 12.2 Å². The van der Waals surface area contributed by atoms with Crippen LogP contribution in [0.15, 0.2) is 34.7 Å². The van der Waals surface area contributed by atoms with Crippen molar-refractivity contribution in [3.05, 3.63) is 41.0 Å². The third-order valence-electron chi connectivity index (χ3n) is 4.06. The van der Waals surface area contributed by atoms with Gasteiger partial charge < -0.3 is 10.2 Å². The highest BCUT2D eigenvalue weighted by atomic mass is 32.2. The second-order valence-electron chi connectivity index (χ2n) is 5.92. The number of carbonyl (C=O) groups excluding carboxylic acids is 1. The topological polar surface area (TPSA) is 84.3 Å². The van der Waals surface area contributed by atoms with Gasteiger partial charge in [-0.05, 0) is 30.2 Å². The molecule has 2 amide bonds. The normalized spacial score (nSPS) is 15.1. The van der Waals surface area contributed by atoms with E-state index >= 15 is 0 Å². The van der Waals surface area contributed by atoms with Crippen LogP contribution in [0.1, 0.15) is 17.0 Å². The van der Waals surface area contributed by atoms with Gasteiger partial charge in [-0.1, -0.05) is 6.08 Å². The summed E-state index contributed by atoms with van der Waals surface area (Å²) in [6.07, 6.45) is 5.78. The van der Waals surface area contributed by atoms with Crippen LogP contribution in [0, 0.1) is 0 Å². The van der Waals surface area contributed by atoms with Crippen molar-refractivity contribution in [3.8, 4) is 0 Å². The highest BCUT2D eigenvalue weighted by Gasteiger charge is 2.19. The van der Waals surface area contributed by atoms with Gasteiger partial charge in [0.1, 0.15) is 4.21 Å². The molecule has 9 heteroatoms. The van der Waals surface area contributed by atoms with E-state index in [1.165, 1.54) is 23.2 Å². The fourth-order valence-electron chi connectivity index (χ4n) is 2.70. The summed E-state index contributed by atoms with van der Waals surface area (Å²) in [5.41, 5.74) is 2.27. The second kappa shape index (κ2) is 7.01. The third kappa shape index (κ3) is 4.10. The van der Waals surface area contributed by atoms with Crippen LogP contribution in [0.2, 0.25) is 0 Å². The molecule has 3 rings (SSSR count). The summed E-state index contributed by atoms with van der Waals surface area (Å²) in [6.45, 7) is 1.51. The van der Waals surface area contributed by atoms with E-state index in [2.05, 4.69) is 10.4 Å². The number of amides is 2. The molecular weight excluding hydrogens is 360 g/mol. The zero-order valence-corrected chi connectivity index (χ0v) is 15.7. The molecule has 3 heterocycles. The summed E-state index contributed by atoms with van der Waals surface area (Å²) >= 11 is 1.19. The van der Waals surface area contributed by atoms with Crippen molar-refractivity contribution in [2.45, 2.75) is 17.2 Å². The molecule has 134 valence electrons. The molecule has 0 saturated carbocycles. The van der Waals surface area contributed by atoms with Crippen LogP contribution in [0.4, 0.5) is 4.79 Å². The lowest BCUT2D eigenvalue weighted by Gasteiger charge is -2.26. The first-order valence-electron chi connectivity index (χ1n) is 7.83. The molecule has 0 radical (unpaired) electrons. The van der Waals surface area contributed by atoms with Crippen molar-refractivity contribution < 1.29 is 13.2 Å². The highest BCUT2D eigenvalue weighted by Crippen LogP contribution is 2.23. The molecule has 25 heavy (non-hydrogen) atoms. The predicted octanol–water partition coefficient (Wildman–Crippen LogP) is 1.88. The van der Waals surface area contributed by atoms with Gasteiger partial charge in [-0.2, -0.15) is 5.10 Å². The van der Waals surface area contributed by atoms with Crippen molar-refractivity contribution >= 4 is 32.8 Å². The van der Waals surface area contributed by atoms with E-state index in [0.717, 1.165) is 17.0 Å². The van der Waals surface area contributed by atoms with Crippen LogP contribution >= 0.6 is 11.3 Å². The quantitative estimate of drug-likeness (QED) is 0.878. The molecule has 0 spiro atoms. The molecule has 7 nitrogen and oxygen atoms in total. The molecule has 1 aliphatic heterocycles. The largest absolute Gasteiger partial charge is 0.333 e. The first-order valence-corrected chi connectivity index (χ1v) is 10.5. The smallest absolute Gasteiger partial charge is 0.317 e. The van der Waals surface area contributed by atoms with E-state index in [9.17, 15) is 13.2 Å². The maximum Gasteiger partial charge on any atom is 0.317 e. The van der Waals surface area contributed by atoms with E-state index in [1.54, 1.807) is 23.2 Å². The number of nitrogens with one attached hydrogen (secondary N) is 1. The van der Waals surface area contributed by atoms with E-state index in [4.69, 9.17) is 0 Å². The second-order valence-corrected chi connectivity index (χ2v) is 9.33. The Hall–Kier alpha value is -2.13. The number of hydrogen-bond donors (Lipinski definition) is 1. The minimum absolute atomic E-state index is 0.144. The van der Waals surface area contributed by atoms with Crippen molar-refractivity contribution in [3.63, 3.8) is 0 Å². The number of hydrogen-bond acceptors (Lipinski definition) is 5. The van der Waals surface area contributed by atoms with Crippen LogP contribution < -0.4 is 5.32 Å². The zero-order valence-electron chi connectivity index (χ0n) is 14.1. The van der Waals surface area contributed by atoms with E-state index in [-0.39, 0.29) is 6.03 Å². The maximum absolute atomic E-state index is 12.3. The molecule has 0 saturated heterocycles. The first-order chi connectivity index (χ1) is 11.8. The Balaban J connectivity index is 1.55. The summed E-state index contributed by atoms with van der Waals surface area (Å²) in [6, 6.07) is 5.13. The summed E-state index contributed by atoms with van der Waals surface area (Å²) in [7, 11) is -1.29. The minimum atomic E-state index is -3.19. The van der Waals surface area contributed by atoms with Gasteiger partial charge in [0.2, 0.25) is 0 Å². The van der Waals surface area contributed by atoms with Crippen molar-refractivity contribution in [2.75, 3.05) is 19.3 Å². The molecule has 2 aromatic heterocycles. The average Bonchev–Trinajstić information content (AvgIpc) is 3.21. The maximum atomic E-state index is 12.3. The lowest BCUT2D eigenvalue weighted by Crippen LogP contribution is -2.41. The van der Waals surface area contributed by atoms with Crippen molar-refractivity contribution in [2.24, 2.45) is 7.05 Å². The van der Waals surface area contributed by atoms with E-state index < -0.39 is 9.84 Å². The Kier molecular flexibility index (Phi) is 4.96. The Bertz CT molecular complexity index is 911.